The second kappa shape index (κ2) is 8.87. The largest absolute Gasteiger partial charge is 0.465 e. The highest BCUT2D eigenvalue weighted by molar-refractivity contribution is 7.89. The molecular weight excluding hydrogens is 378 g/mol. The Hall–Kier alpha value is -2.19. The van der Waals surface area contributed by atoms with Gasteiger partial charge in [-0.15, -0.1) is 0 Å². The number of sulfonamides is 1. The number of rotatable bonds is 7. The fourth-order valence-corrected chi connectivity index (χ4v) is 4.86. The van der Waals surface area contributed by atoms with Crippen LogP contribution in [0.5, 0.6) is 0 Å². The van der Waals surface area contributed by atoms with E-state index in [0.29, 0.717) is 50.4 Å². The molecule has 0 atom stereocenters. The first-order chi connectivity index (χ1) is 13.4. The summed E-state index contributed by atoms with van der Waals surface area (Å²) in [6.07, 6.45) is 5.26. The van der Waals surface area contributed by atoms with Gasteiger partial charge in [0.15, 0.2) is 0 Å². The number of hydrogen-bond donors (Lipinski definition) is 0. The lowest BCUT2D eigenvalue weighted by molar-refractivity contribution is -0.150. The van der Waals surface area contributed by atoms with E-state index in [2.05, 4.69) is 5.10 Å². The van der Waals surface area contributed by atoms with Crippen LogP contribution >= 0.6 is 0 Å². The van der Waals surface area contributed by atoms with Crippen LogP contribution in [-0.2, 0) is 26.1 Å². The summed E-state index contributed by atoms with van der Waals surface area (Å²) in [5, 5.41) is 4.10. The van der Waals surface area contributed by atoms with Gasteiger partial charge in [-0.2, -0.15) is 9.40 Å². The Morgan fingerprint density at radius 1 is 1.21 bits per heavy atom. The molecule has 1 aliphatic heterocycles. The highest BCUT2D eigenvalue weighted by Gasteiger charge is 2.32. The Kier molecular flexibility index (Phi) is 6.51. The SMILES string of the molecule is Cc1ccc(S(=O)(=O)N2CCC(C(=O)OCCCn3cccn3)CC2)cc1C. The number of carbonyl (C=O) groups excluding carboxylic acids is 1. The number of esters is 1. The van der Waals surface area contributed by atoms with Crippen LogP contribution in [0.4, 0.5) is 0 Å². The van der Waals surface area contributed by atoms with E-state index in [0.717, 1.165) is 11.1 Å². The predicted molar refractivity (Wildman–Crippen MR) is 105 cm³/mol. The maximum Gasteiger partial charge on any atom is 0.309 e. The summed E-state index contributed by atoms with van der Waals surface area (Å²) in [5.74, 6) is -0.473. The van der Waals surface area contributed by atoms with Crippen LogP contribution in [0, 0.1) is 19.8 Å². The van der Waals surface area contributed by atoms with Crippen LogP contribution in [-0.4, -0.2) is 48.2 Å². The molecular formula is C20H27N3O4S. The van der Waals surface area contributed by atoms with Crippen molar-refractivity contribution in [3.8, 4) is 0 Å². The number of hydrogen-bond acceptors (Lipinski definition) is 5. The van der Waals surface area contributed by atoms with Gasteiger partial charge in [0.05, 0.1) is 17.4 Å². The Bertz CT molecular complexity index is 902. The Morgan fingerprint density at radius 2 is 1.96 bits per heavy atom. The van der Waals surface area contributed by atoms with Crippen LogP contribution in [0.3, 0.4) is 0 Å². The summed E-state index contributed by atoms with van der Waals surface area (Å²) in [6.45, 7) is 5.58. The van der Waals surface area contributed by atoms with E-state index in [1.165, 1.54) is 4.31 Å². The summed E-state index contributed by atoms with van der Waals surface area (Å²) in [7, 11) is -3.52. The van der Waals surface area contributed by atoms with E-state index in [-0.39, 0.29) is 11.9 Å². The molecule has 2 aromatic rings. The molecule has 7 nitrogen and oxygen atoms in total. The monoisotopic (exact) mass is 405 g/mol. The maximum atomic E-state index is 12.9. The number of carbonyl (C=O) groups is 1. The lowest BCUT2D eigenvalue weighted by atomic mass is 9.98. The van der Waals surface area contributed by atoms with Gasteiger partial charge >= 0.3 is 5.97 Å². The molecule has 1 aromatic carbocycles. The molecule has 0 unspecified atom stereocenters. The molecule has 1 aliphatic rings. The molecule has 0 aliphatic carbocycles. The van der Waals surface area contributed by atoms with Gasteiger partial charge in [-0.25, -0.2) is 8.42 Å². The molecule has 3 rings (SSSR count). The average molecular weight is 406 g/mol. The zero-order valence-corrected chi connectivity index (χ0v) is 17.2. The molecule has 8 heteroatoms. The molecule has 0 bridgehead atoms. The molecule has 2 heterocycles. The van der Waals surface area contributed by atoms with Crippen LogP contribution in [0.2, 0.25) is 0 Å². The van der Waals surface area contributed by atoms with Gasteiger partial charge in [-0.1, -0.05) is 6.07 Å². The van der Waals surface area contributed by atoms with Crippen molar-refractivity contribution in [1.82, 2.24) is 14.1 Å². The van der Waals surface area contributed by atoms with Crippen molar-refractivity contribution in [2.24, 2.45) is 5.92 Å². The van der Waals surface area contributed by atoms with Crippen molar-refractivity contribution in [2.45, 2.75) is 44.6 Å². The van der Waals surface area contributed by atoms with Gasteiger partial charge < -0.3 is 4.74 Å². The molecule has 28 heavy (non-hydrogen) atoms. The number of ether oxygens (including phenoxy) is 1. The van der Waals surface area contributed by atoms with Crippen molar-refractivity contribution >= 4 is 16.0 Å². The van der Waals surface area contributed by atoms with Gasteiger partial charge in [-0.05, 0) is 56.0 Å². The molecule has 1 saturated heterocycles. The summed E-state index contributed by atoms with van der Waals surface area (Å²) >= 11 is 0. The normalized spacial score (nSPS) is 16.2. The molecule has 0 saturated carbocycles. The van der Waals surface area contributed by atoms with Gasteiger partial charge in [0.25, 0.3) is 0 Å². The number of piperidine rings is 1. The van der Waals surface area contributed by atoms with E-state index < -0.39 is 10.0 Å². The number of aromatic nitrogens is 2. The van der Waals surface area contributed by atoms with Crippen molar-refractivity contribution in [3.05, 3.63) is 47.8 Å². The Labute approximate surface area is 166 Å². The number of aryl methyl sites for hydroxylation is 3. The molecule has 0 spiro atoms. The van der Waals surface area contributed by atoms with Crippen LogP contribution in [0.15, 0.2) is 41.6 Å². The lowest BCUT2D eigenvalue weighted by Gasteiger charge is -2.30. The number of benzene rings is 1. The Balaban J connectivity index is 1.47. The minimum atomic E-state index is -3.52. The average Bonchev–Trinajstić information content (AvgIpc) is 3.20. The molecule has 0 N–H and O–H groups in total. The third-order valence-corrected chi connectivity index (χ3v) is 7.13. The zero-order valence-electron chi connectivity index (χ0n) is 16.4. The third kappa shape index (κ3) is 4.80. The first-order valence-corrected chi connectivity index (χ1v) is 11.0. The van der Waals surface area contributed by atoms with Crippen molar-refractivity contribution < 1.29 is 17.9 Å². The molecule has 152 valence electrons. The van der Waals surface area contributed by atoms with Gasteiger partial charge in [0, 0.05) is 38.4 Å². The zero-order chi connectivity index (χ0) is 20.1. The molecule has 0 radical (unpaired) electrons. The Morgan fingerprint density at radius 3 is 2.61 bits per heavy atom. The van der Waals surface area contributed by atoms with Gasteiger partial charge in [0.1, 0.15) is 0 Å². The summed E-state index contributed by atoms with van der Waals surface area (Å²) in [6, 6.07) is 7.05. The fraction of sp³-hybridized carbons (Fsp3) is 0.500. The highest BCUT2D eigenvalue weighted by atomic mass is 32.2. The van der Waals surface area contributed by atoms with E-state index in [4.69, 9.17) is 4.74 Å². The quantitative estimate of drug-likeness (QED) is 0.522. The lowest BCUT2D eigenvalue weighted by Crippen LogP contribution is -2.40. The summed E-state index contributed by atoms with van der Waals surface area (Å²) < 4.78 is 34.3. The van der Waals surface area contributed by atoms with Crippen LogP contribution < -0.4 is 0 Å². The first kappa shape index (κ1) is 20.5. The van der Waals surface area contributed by atoms with Crippen LogP contribution in [0.1, 0.15) is 30.4 Å². The van der Waals surface area contributed by atoms with Crippen LogP contribution in [0.25, 0.3) is 0 Å². The van der Waals surface area contributed by atoms with Gasteiger partial charge in [-0.3, -0.25) is 9.48 Å². The summed E-state index contributed by atoms with van der Waals surface area (Å²) in [4.78, 5) is 12.6. The maximum absolute atomic E-state index is 12.9. The van der Waals surface area contributed by atoms with Crippen molar-refractivity contribution in [1.29, 1.82) is 0 Å². The summed E-state index contributed by atoms with van der Waals surface area (Å²) in [5.41, 5.74) is 2.02. The van der Waals surface area contributed by atoms with Crippen molar-refractivity contribution in [2.75, 3.05) is 19.7 Å². The highest BCUT2D eigenvalue weighted by Crippen LogP contribution is 2.25. The van der Waals surface area contributed by atoms with E-state index in [9.17, 15) is 13.2 Å². The minimum absolute atomic E-state index is 0.233. The molecule has 1 aromatic heterocycles. The standard InChI is InChI=1S/C20H27N3O4S/c1-16-5-6-19(15-17(16)2)28(25,26)23-12-7-18(8-13-23)20(24)27-14-4-11-22-10-3-9-21-22/h3,5-6,9-10,15,18H,4,7-8,11-14H2,1-2H3. The predicted octanol–water partition coefficient (Wildman–Crippen LogP) is 2.53. The second-order valence-electron chi connectivity index (χ2n) is 7.21. The third-order valence-electron chi connectivity index (χ3n) is 5.24. The minimum Gasteiger partial charge on any atom is -0.465 e. The second-order valence-corrected chi connectivity index (χ2v) is 9.15. The molecule has 1 fully saturated rings. The number of nitrogens with zero attached hydrogens (tertiary/aromatic N) is 3. The van der Waals surface area contributed by atoms with E-state index in [1.54, 1.807) is 23.0 Å². The van der Waals surface area contributed by atoms with E-state index >= 15 is 0 Å². The van der Waals surface area contributed by atoms with E-state index in [1.807, 2.05) is 32.2 Å². The topological polar surface area (TPSA) is 81.5 Å². The van der Waals surface area contributed by atoms with Crippen molar-refractivity contribution in [3.63, 3.8) is 0 Å². The first-order valence-electron chi connectivity index (χ1n) is 9.59. The van der Waals surface area contributed by atoms with Gasteiger partial charge in [0.2, 0.25) is 10.0 Å². The fourth-order valence-electron chi connectivity index (χ4n) is 3.31. The smallest absolute Gasteiger partial charge is 0.309 e. The molecule has 0 amide bonds.